The quantitative estimate of drug-likeness (QED) is 0.397. The molecule has 0 spiro atoms. The normalized spacial score (nSPS) is 10.5. The molecule has 0 saturated carbocycles. The molecule has 1 nitrogen and oxygen atoms in total. The highest BCUT2D eigenvalue weighted by atomic mass is 15.3. The third kappa shape index (κ3) is 3.90. The molecule has 0 unspecified atom stereocenters. The van der Waals surface area contributed by atoms with Crippen LogP contribution in [-0.4, -0.2) is 30.7 Å². The maximum atomic E-state index is 3.77. The molecule has 0 N–H and O–H groups in total. The molecule has 0 bridgehead atoms. The summed E-state index contributed by atoms with van der Waals surface area (Å²) < 4.78 is 0.903. The van der Waals surface area contributed by atoms with Gasteiger partial charge in [0.25, 0.3) is 0 Å². The van der Waals surface area contributed by atoms with E-state index in [1.54, 1.807) is 0 Å². The molecular formula is C12H21N+. The van der Waals surface area contributed by atoms with Crippen molar-refractivity contribution in [2.45, 2.75) is 0 Å². The van der Waals surface area contributed by atoms with Crippen molar-refractivity contribution in [3.63, 3.8) is 0 Å². The van der Waals surface area contributed by atoms with E-state index in [4.69, 9.17) is 0 Å². The maximum absolute atomic E-state index is 3.77. The second-order valence-electron chi connectivity index (χ2n) is 3.23. The number of quaternary nitrogens is 1. The van der Waals surface area contributed by atoms with Gasteiger partial charge in [-0.2, -0.15) is 0 Å². The average molecular weight is 179 g/mol. The maximum Gasteiger partial charge on any atom is 0.0978 e. The van der Waals surface area contributed by atoms with E-state index in [1.165, 1.54) is 0 Å². The highest BCUT2D eigenvalue weighted by Crippen LogP contribution is 2.07. The van der Waals surface area contributed by atoms with E-state index in [1.807, 2.05) is 24.3 Å². The van der Waals surface area contributed by atoms with Gasteiger partial charge in [0.2, 0.25) is 0 Å². The number of hydrogen-bond donors (Lipinski definition) is 0. The van der Waals surface area contributed by atoms with Crippen molar-refractivity contribution < 1.29 is 5.91 Å². The van der Waals surface area contributed by atoms with Crippen molar-refractivity contribution >= 4 is 0 Å². The molecule has 0 atom stereocenters. The molecule has 0 fully saturated rings. The molecule has 0 aromatic rings. The Bertz CT molecular complexity index is 151. The van der Waals surface area contributed by atoms with E-state index < -0.39 is 0 Å². The first-order valence-corrected chi connectivity index (χ1v) is 4.53. The zero-order valence-electron chi connectivity index (χ0n) is 9.41. The largest absolute Gasteiger partial charge is 0.311 e. The third-order valence-corrected chi connectivity index (χ3v) is 2.07. The lowest BCUT2D eigenvalue weighted by atomic mass is 10.3. The molecule has 0 aliphatic carbocycles. The number of nitrogens with zero attached hydrogens (tertiary/aromatic N) is 1. The van der Waals surface area contributed by atoms with E-state index in [9.17, 15) is 0 Å². The van der Waals surface area contributed by atoms with Crippen LogP contribution in [0.5, 0.6) is 0 Å². The molecule has 0 saturated heterocycles. The van der Waals surface area contributed by atoms with Gasteiger partial charge in [-0.25, -0.2) is 0 Å². The second kappa shape index (κ2) is 6.44. The van der Waals surface area contributed by atoms with E-state index in [0.29, 0.717) is 0 Å². The fourth-order valence-corrected chi connectivity index (χ4v) is 1.54. The Morgan fingerprint density at radius 2 is 0.923 bits per heavy atom. The highest BCUT2D eigenvalue weighted by molar-refractivity contribution is 4.79. The van der Waals surface area contributed by atoms with Gasteiger partial charge >= 0.3 is 0 Å². The summed E-state index contributed by atoms with van der Waals surface area (Å²) in [5.74, 6) is 0. The van der Waals surface area contributed by atoms with E-state index in [-0.39, 0.29) is 1.43 Å². The molecule has 0 rings (SSSR count). The fraction of sp³-hybridized carbons (Fsp3) is 0.333. The topological polar surface area (TPSA) is 0 Å². The van der Waals surface area contributed by atoms with Crippen molar-refractivity contribution in [1.29, 1.82) is 0 Å². The standard InChI is InChI=1S/C12H20N.H/c1-5-9-13(10-6-2,11-7-3)12-8-4;/h5-8H,1-4,9-12H2;/q+1;. The van der Waals surface area contributed by atoms with Crippen molar-refractivity contribution in [3.05, 3.63) is 50.6 Å². The van der Waals surface area contributed by atoms with Gasteiger partial charge in [-0.3, -0.25) is 0 Å². The first kappa shape index (κ1) is 11.9. The van der Waals surface area contributed by atoms with Gasteiger partial charge in [-0.05, 0) is 24.3 Å². The van der Waals surface area contributed by atoms with Crippen LogP contribution < -0.4 is 0 Å². The molecular weight excluding hydrogens is 158 g/mol. The van der Waals surface area contributed by atoms with Gasteiger partial charge in [-0.1, -0.05) is 26.3 Å². The summed E-state index contributed by atoms with van der Waals surface area (Å²) >= 11 is 0. The Morgan fingerprint density at radius 3 is 1.08 bits per heavy atom. The summed E-state index contributed by atoms with van der Waals surface area (Å²) in [6.07, 6.45) is 7.76. The predicted molar refractivity (Wildman–Crippen MR) is 61.6 cm³/mol. The van der Waals surface area contributed by atoms with Crippen molar-refractivity contribution in [3.8, 4) is 0 Å². The van der Waals surface area contributed by atoms with Crippen LogP contribution >= 0.6 is 0 Å². The second-order valence-corrected chi connectivity index (χ2v) is 3.23. The molecule has 13 heavy (non-hydrogen) atoms. The fourth-order valence-electron chi connectivity index (χ4n) is 1.54. The zero-order valence-corrected chi connectivity index (χ0v) is 8.41. The Hall–Kier alpha value is -1.08. The van der Waals surface area contributed by atoms with Gasteiger partial charge < -0.3 is 4.48 Å². The zero-order chi connectivity index (χ0) is 10.2. The molecule has 0 amide bonds. The predicted octanol–water partition coefficient (Wildman–Crippen LogP) is 2.66. The summed E-state index contributed by atoms with van der Waals surface area (Å²) in [6, 6.07) is 0. The molecule has 0 heterocycles. The smallest absolute Gasteiger partial charge is 0.0978 e. The highest BCUT2D eigenvalue weighted by Gasteiger charge is 2.20. The number of hydrogen-bond acceptors (Lipinski definition) is 0. The van der Waals surface area contributed by atoms with Crippen molar-refractivity contribution in [2.75, 3.05) is 26.2 Å². The van der Waals surface area contributed by atoms with Crippen LogP contribution in [0.4, 0.5) is 0 Å². The third-order valence-electron chi connectivity index (χ3n) is 2.07. The SMILES string of the molecule is C=CC[N+](CC=C)(CC=C)CC=C.[H]. The molecule has 0 aromatic carbocycles. The molecule has 0 aromatic heterocycles. The molecule has 1 radical (unpaired) electrons. The Balaban J connectivity index is 0. The van der Waals surface area contributed by atoms with Crippen molar-refractivity contribution in [1.82, 2.24) is 0 Å². The Labute approximate surface area is 83.4 Å². The van der Waals surface area contributed by atoms with E-state index in [0.717, 1.165) is 30.7 Å². The van der Waals surface area contributed by atoms with E-state index in [2.05, 4.69) is 26.3 Å². The monoisotopic (exact) mass is 179 g/mol. The minimum atomic E-state index is 0. The van der Waals surface area contributed by atoms with Gasteiger partial charge in [0, 0.05) is 1.43 Å². The first-order chi connectivity index (χ1) is 6.24. The van der Waals surface area contributed by atoms with Crippen LogP contribution in [-0.2, 0) is 0 Å². The summed E-state index contributed by atoms with van der Waals surface area (Å²) in [7, 11) is 0. The van der Waals surface area contributed by atoms with Crippen LogP contribution in [0.3, 0.4) is 0 Å². The van der Waals surface area contributed by atoms with E-state index >= 15 is 0 Å². The van der Waals surface area contributed by atoms with Crippen LogP contribution in [0, 0.1) is 0 Å². The first-order valence-electron chi connectivity index (χ1n) is 4.53. The van der Waals surface area contributed by atoms with Crippen LogP contribution in [0.15, 0.2) is 50.6 Å². The number of rotatable bonds is 8. The molecule has 0 aliphatic heterocycles. The molecule has 73 valence electrons. The van der Waals surface area contributed by atoms with Gasteiger partial charge in [-0.15, -0.1) is 0 Å². The average Bonchev–Trinajstić information content (AvgIpc) is 2.06. The molecule has 1 heteroatoms. The minimum Gasteiger partial charge on any atom is -0.311 e. The summed E-state index contributed by atoms with van der Waals surface area (Å²) in [4.78, 5) is 0. The van der Waals surface area contributed by atoms with Crippen molar-refractivity contribution in [2.24, 2.45) is 0 Å². The summed E-state index contributed by atoms with van der Waals surface area (Å²) in [5.41, 5.74) is 0. The van der Waals surface area contributed by atoms with Gasteiger partial charge in [0.05, 0.1) is 26.2 Å². The van der Waals surface area contributed by atoms with Gasteiger partial charge in [0.1, 0.15) is 0 Å². The Morgan fingerprint density at radius 1 is 0.692 bits per heavy atom. The van der Waals surface area contributed by atoms with Crippen LogP contribution in [0.25, 0.3) is 0 Å². The summed E-state index contributed by atoms with van der Waals surface area (Å²) in [6.45, 7) is 18.8. The van der Waals surface area contributed by atoms with Crippen LogP contribution in [0.2, 0.25) is 0 Å². The minimum absolute atomic E-state index is 0. The van der Waals surface area contributed by atoms with Crippen LogP contribution in [0.1, 0.15) is 1.43 Å². The lowest BCUT2D eigenvalue weighted by Crippen LogP contribution is -2.48. The lowest BCUT2D eigenvalue weighted by Gasteiger charge is -2.35. The molecule has 0 aliphatic rings. The summed E-state index contributed by atoms with van der Waals surface area (Å²) in [5, 5.41) is 0. The lowest BCUT2D eigenvalue weighted by molar-refractivity contribution is -0.906. The Kier molecular flexibility index (Phi) is 5.90. The van der Waals surface area contributed by atoms with Gasteiger partial charge in [0.15, 0.2) is 0 Å².